The standard InChI is InChI=1S/C20H24Cl2N4O2/c21-15-7-6-14(11-16(15)22)24-19(28)17-5-1-4-10-26(17)12-18(27)25-20(13-23)8-2-3-9-20/h6-7,11,17H,1-5,8-10,12H2,(H,24,28)(H,25,27)/t17-/m0/s1. The first-order valence-corrected chi connectivity index (χ1v) is 10.4. The van der Waals surface area contributed by atoms with Crippen LogP contribution in [0.3, 0.4) is 0 Å². The zero-order chi connectivity index (χ0) is 20.1. The fourth-order valence-corrected chi connectivity index (χ4v) is 4.31. The van der Waals surface area contributed by atoms with Crippen molar-refractivity contribution in [1.82, 2.24) is 10.2 Å². The van der Waals surface area contributed by atoms with Gasteiger partial charge in [0.15, 0.2) is 0 Å². The molecule has 1 aromatic carbocycles. The number of nitrogens with zero attached hydrogens (tertiary/aromatic N) is 2. The highest BCUT2D eigenvalue weighted by atomic mass is 35.5. The SMILES string of the molecule is N#CC1(NC(=O)CN2CCCC[C@H]2C(=O)Nc2ccc(Cl)c(Cl)c2)CCCC1. The quantitative estimate of drug-likeness (QED) is 0.756. The van der Waals surface area contributed by atoms with Crippen molar-refractivity contribution in [2.45, 2.75) is 56.5 Å². The Hall–Kier alpha value is -1.81. The van der Waals surface area contributed by atoms with E-state index in [1.807, 2.05) is 4.90 Å². The van der Waals surface area contributed by atoms with Crippen molar-refractivity contribution in [1.29, 1.82) is 5.26 Å². The van der Waals surface area contributed by atoms with Gasteiger partial charge in [-0.15, -0.1) is 0 Å². The highest BCUT2D eigenvalue weighted by molar-refractivity contribution is 6.42. The van der Waals surface area contributed by atoms with Crippen molar-refractivity contribution >= 4 is 40.7 Å². The van der Waals surface area contributed by atoms with E-state index >= 15 is 0 Å². The summed E-state index contributed by atoms with van der Waals surface area (Å²) in [6.07, 6.45) is 5.84. The monoisotopic (exact) mass is 422 g/mol. The van der Waals surface area contributed by atoms with E-state index in [2.05, 4.69) is 16.7 Å². The fraction of sp³-hybridized carbons (Fsp3) is 0.550. The van der Waals surface area contributed by atoms with Gasteiger partial charge in [-0.1, -0.05) is 29.6 Å². The van der Waals surface area contributed by atoms with Gasteiger partial charge in [-0.05, 0) is 63.3 Å². The van der Waals surface area contributed by atoms with Crippen LogP contribution in [0.4, 0.5) is 5.69 Å². The molecular weight excluding hydrogens is 399 g/mol. The topological polar surface area (TPSA) is 85.2 Å². The summed E-state index contributed by atoms with van der Waals surface area (Å²) in [6.45, 7) is 0.787. The van der Waals surface area contributed by atoms with Crippen LogP contribution >= 0.6 is 23.2 Å². The van der Waals surface area contributed by atoms with E-state index in [1.165, 1.54) is 0 Å². The third kappa shape index (κ3) is 4.96. The van der Waals surface area contributed by atoms with Gasteiger partial charge in [0.25, 0.3) is 0 Å². The van der Waals surface area contributed by atoms with Gasteiger partial charge in [0.1, 0.15) is 5.54 Å². The first-order valence-electron chi connectivity index (χ1n) is 9.65. The van der Waals surface area contributed by atoms with E-state index < -0.39 is 11.6 Å². The van der Waals surface area contributed by atoms with Crippen molar-refractivity contribution in [2.24, 2.45) is 0 Å². The summed E-state index contributed by atoms with van der Waals surface area (Å²) in [5, 5.41) is 16.0. The molecule has 0 radical (unpaired) electrons. The number of nitriles is 1. The number of nitrogens with one attached hydrogen (secondary N) is 2. The van der Waals surface area contributed by atoms with E-state index in [1.54, 1.807) is 18.2 Å². The van der Waals surface area contributed by atoms with Gasteiger partial charge in [-0.25, -0.2) is 0 Å². The number of carbonyl (C=O) groups is 2. The molecule has 1 aliphatic carbocycles. The molecule has 1 saturated carbocycles. The molecule has 28 heavy (non-hydrogen) atoms. The molecule has 6 nitrogen and oxygen atoms in total. The van der Waals surface area contributed by atoms with Crippen LogP contribution in [0.15, 0.2) is 18.2 Å². The Morgan fingerprint density at radius 2 is 1.93 bits per heavy atom. The van der Waals surface area contributed by atoms with E-state index in [9.17, 15) is 14.9 Å². The number of anilines is 1. The van der Waals surface area contributed by atoms with Crippen molar-refractivity contribution in [3.05, 3.63) is 28.2 Å². The number of hydrogen-bond donors (Lipinski definition) is 2. The lowest BCUT2D eigenvalue weighted by molar-refractivity contribution is -0.127. The average Bonchev–Trinajstić information content (AvgIpc) is 3.14. The van der Waals surface area contributed by atoms with Gasteiger partial charge in [-0.3, -0.25) is 14.5 Å². The molecule has 2 N–H and O–H groups in total. The molecule has 2 amide bonds. The normalized spacial score (nSPS) is 21.7. The highest BCUT2D eigenvalue weighted by Gasteiger charge is 2.37. The number of hydrogen-bond acceptors (Lipinski definition) is 4. The zero-order valence-corrected chi connectivity index (χ0v) is 17.2. The summed E-state index contributed by atoms with van der Waals surface area (Å²) in [5.41, 5.74) is -0.172. The summed E-state index contributed by atoms with van der Waals surface area (Å²) in [4.78, 5) is 27.3. The van der Waals surface area contributed by atoms with E-state index in [0.29, 0.717) is 41.5 Å². The lowest BCUT2D eigenvalue weighted by atomic mass is 9.99. The third-order valence-corrected chi connectivity index (χ3v) is 6.24. The van der Waals surface area contributed by atoms with Crippen LogP contribution in [0.5, 0.6) is 0 Å². The Bertz CT molecular complexity index is 787. The molecule has 0 bridgehead atoms. The van der Waals surface area contributed by atoms with Gasteiger partial charge in [0.05, 0.1) is 28.7 Å². The number of piperidine rings is 1. The van der Waals surface area contributed by atoms with E-state index in [-0.39, 0.29) is 18.4 Å². The van der Waals surface area contributed by atoms with Gasteiger partial charge in [-0.2, -0.15) is 5.26 Å². The number of rotatable bonds is 5. The molecule has 1 aliphatic heterocycles. The molecule has 1 aromatic rings. The molecule has 2 fully saturated rings. The lowest BCUT2D eigenvalue weighted by Crippen LogP contribution is -2.54. The predicted molar refractivity (Wildman–Crippen MR) is 109 cm³/mol. The Morgan fingerprint density at radius 3 is 2.61 bits per heavy atom. The van der Waals surface area contributed by atoms with Crippen LogP contribution in [0.1, 0.15) is 44.9 Å². The van der Waals surface area contributed by atoms with Crippen LogP contribution in [-0.4, -0.2) is 41.4 Å². The first kappa shape index (κ1) is 20.9. The minimum atomic E-state index is -0.745. The molecule has 3 rings (SSSR count). The lowest BCUT2D eigenvalue weighted by Gasteiger charge is -2.35. The molecule has 0 spiro atoms. The van der Waals surface area contributed by atoms with Gasteiger partial charge < -0.3 is 10.6 Å². The van der Waals surface area contributed by atoms with Crippen molar-refractivity contribution < 1.29 is 9.59 Å². The summed E-state index contributed by atoms with van der Waals surface area (Å²) in [5.74, 6) is -0.362. The Morgan fingerprint density at radius 1 is 1.18 bits per heavy atom. The Labute approximate surface area is 175 Å². The summed E-state index contributed by atoms with van der Waals surface area (Å²) in [6, 6.07) is 6.82. The van der Waals surface area contributed by atoms with Crippen LogP contribution < -0.4 is 10.6 Å². The fourth-order valence-electron chi connectivity index (χ4n) is 4.01. The second-order valence-electron chi connectivity index (χ2n) is 7.55. The number of carbonyl (C=O) groups excluding carboxylic acids is 2. The second kappa shape index (κ2) is 9.13. The van der Waals surface area contributed by atoms with Gasteiger partial charge in [0.2, 0.25) is 11.8 Å². The predicted octanol–water partition coefficient (Wildman–Crippen LogP) is 3.74. The zero-order valence-electron chi connectivity index (χ0n) is 15.6. The van der Waals surface area contributed by atoms with Gasteiger partial charge >= 0.3 is 0 Å². The Kier molecular flexibility index (Phi) is 6.82. The molecular formula is C20H24Cl2N4O2. The number of benzene rings is 1. The summed E-state index contributed by atoms with van der Waals surface area (Å²) >= 11 is 11.9. The summed E-state index contributed by atoms with van der Waals surface area (Å²) < 4.78 is 0. The number of likely N-dealkylation sites (tertiary alicyclic amines) is 1. The molecule has 2 aliphatic rings. The molecule has 8 heteroatoms. The Balaban J connectivity index is 1.62. The van der Waals surface area contributed by atoms with Crippen molar-refractivity contribution in [3.8, 4) is 6.07 Å². The maximum atomic E-state index is 12.8. The molecule has 0 unspecified atom stereocenters. The average molecular weight is 423 g/mol. The molecule has 150 valence electrons. The van der Waals surface area contributed by atoms with E-state index in [0.717, 1.165) is 25.7 Å². The van der Waals surface area contributed by atoms with Crippen molar-refractivity contribution in [3.63, 3.8) is 0 Å². The molecule has 0 aromatic heterocycles. The smallest absolute Gasteiger partial charge is 0.241 e. The second-order valence-corrected chi connectivity index (χ2v) is 8.36. The largest absolute Gasteiger partial charge is 0.337 e. The first-order chi connectivity index (χ1) is 13.4. The van der Waals surface area contributed by atoms with Crippen molar-refractivity contribution in [2.75, 3.05) is 18.4 Å². The number of amides is 2. The van der Waals surface area contributed by atoms with E-state index in [4.69, 9.17) is 23.2 Å². The minimum Gasteiger partial charge on any atom is -0.337 e. The van der Waals surface area contributed by atoms with Crippen LogP contribution in [0, 0.1) is 11.3 Å². The molecule has 1 heterocycles. The maximum absolute atomic E-state index is 12.8. The van der Waals surface area contributed by atoms with Gasteiger partial charge in [0, 0.05) is 5.69 Å². The van der Waals surface area contributed by atoms with Crippen LogP contribution in [0.2, 0.25) is 10.0 Å². The highest BCUT2D eigenvalue weighted by Crippen LogP contribution is 2.29. The maximum Gasteiger partial charge on any atom is 0.241 e. The van der Waals surface area contributed by atoms with Crippen LogP contribution in [-0.2, 0) is 9.59 Å². The third-order valence-electron chi connectivity index (χ3n) is 5.50. The summed E-state index contributed by atoms with van der Waals surface area (Å²) in [7, 11) is 0. The minimum absolute atomic E-state index is 0.114. The molecule has 1 saturated heterocycles. The number of halogens is 2. The molecule has 1 atom stereocenters. The van der Waals surface area contributed by atoms with Crippen LogP contribution in [0.25, 0.3) is 0 Å².